The molecule has 0 aliphatic carbocycles. The summed E-state index contributed by atoms with van der Waals surface area (Å²) < 4.78 is 0. The smallest absolute Gasteiger partial charge is 0.354 e. The molecule has 0 bridgehead atoms. The molecule has 2 aromatic heterocycles. The summed E-state index contributed by atoms with van der Waals surface area (Å²) in [6.45, 7) is 0. The van der Waals surface area contributed by atoms with Crippen molar-refractivity contribution in [2.75, 3.05) is 5.32 Å². The molecule has 0 atom stereocenters. The zero-order valence-corrected chi connectivity index (χ0v) is 9.45. The summed E-state index contributed by atoms with van der Waals surface area (Å²) >= 11 is 0. The van der Waals surface area contributed by atoms with Gasteiger partial charge in [0.1, 0.15) is 5.69 Å². The second-order valence-electron chi connectivity index (χ2n) is 3.50. The monoisotopic (exact) mass is 260 g/mol. The number of nitrogens with zero attached hydrogens (tertiary/aromatic N) is 2. The number of hydrogen-bond acceptors (Lipinski definition) is 5. The summed E-state index contributed by atoms with van der Waals surface area (Å²) in [5.74, 6) is -1.63. The molecule has 2 rings (SSSR count). The van der Waals surface area contributed by atoms with Crippen LogP contribution >= 0.6 is 0 Å². The van der Waals surface area contributed by atoms with Crippen LogP contribution in [0.3, 0.4) is 0 Å². The zero-order chi connectivity index (χ0) is 13.8. The van der Waals surface area contributed by atoms with E-state index >= 15 is 0 Å². The lowest BCUT2D eigenvalue weighted by atomic mass is 10.2. The second-order valence-corrected chi connectivity index (χ2v) is 3.50. The number of aromatic amines is 1. The molecule has 2 heterocycles. The molecule has 0 saturated carbocycles. The van der Waals surface area contributed by atoms with E-state index < -0.39 is 17.4 Å². The molecule has 8 heteroatoms. The first-order chi connectivity index (χ1) is 9.06. The normalized spacial score (nSPS) is 9.89. The van der Waals surface area contributed by atoms with Crippen LogP contribution in [0.25, 0.3) is 0 Å². The molecular weight excluding hydrogens is 252 g/mol. The highest BCUT2D eigenvalue weighted by atomic mass is 16.4. The molecule has 0 aliphatic heterocycles. The van der Waals surface area contributed by atoms with E-state index in [1.54, 1.807) is 0 Å². The second kappa shape index (κ2) is 5.08. The minimum absolute atomic E-state index is 0.125. The fourth-order valence-electron chi connectivity index (χ4n) is 1.29. The lowest BCUT2D eigenvalue weighted by Crippen LogP contribution is -2.16. The largest absolute Gasteiger partial charge is 0.477 e. The van der Waals surface area contributed by atoms with Crippen molar-refractivity contribution in [1.82, 2.24) is 15.2 Å². The number of rotatable bonds is 3. The molecule has 0 radical (unpaired) electrons. The Hall–Kier alpha value is -3.03. The minimum Gasteiger partial charge on any atom is -0.477 e. The Labute approximate surface area is 106 Å². The fourth-order valence-corrected chi connectivity index (χ4v) is 1.29. The van der Waals surface area contributed by atoms with Crippen LogP contribution in [0.4, 0.5) is 5.82 Å². The first-order valence-corrected chi connectivity index (χ1v) is 5.13. The molecule has 3 N–H and O–H groups in total. The molecule has 8 nitrogen and oxygen atoms in total. The van der Waals surface area contributed by atoms with Crippen LogP contribution in [0.5, 0.6) is 0 Å². The standard InChI is InChI=1S/C11H8N4O4/c16-9-2-1-8(14-15-9)13-10(17)6-3-4-12-7(5-6)11(18)19/h1-5H,(H,15,16)(H,18,19)(H,13,14,17). The third-order valence-corrected chi connectivity index (χ3v) is 2.16. The van der Waals surface area contributed by atoms with Crippen LogP contribution in [0, 0.1) is 0 Å². The Balaban J connectivity index is 2.20. The Morgan fingerprint density at radius 3 is 2.68 bits per heavy atom. The first kappa shape index (κ1) is 12.4. The van der Waals surface area contributed by atoms with Gasteiger partial charge in [-0.1, -0.05) is 0 Å². The van der Waals surface area contributed by atoms with Gasteiger partial charge in [-0.15, -0.1) is 0 Å². The molecule has 0 aromatic carbocycles. The predicted molar refractivity (Wildman–Crippen MR) is 64.0 cm³/mol. The molecule has 19 heavy (non-hydrogen) atoms. The van der Waals surface area contributed by atoms with Crippen molar-refractivity contribution >= 4 is 17.7 Å². The molecule has 0 fully saturated rings. The first-order valence-electron chi connectivity index (χ1n) is 5.13. The number of carboxylic acid groups (broad SMARTS) is 1. The average molecular weight is 260 g/mol. The van der Waals surface area contributed by atoms with Gasteiger partial charge >= 0.3 is 5.97 Å². The molecule has 1 amide bonds. The van der Waals surface area contributed by atoms with E-state index in [9.17, 15) is 14.4 Å². The van der Waals surface area contributed by atoms with E-state index in [1.807, 2.05) is 0 Å². The van der Waals surface area contributed by atoms with Gasteiger partial charge in [-0.3, -0.25) is 9.59 Å². The minimum atomic E-state index is -1.23. The number of nitrogens with one attached hydrogen (secondary N) is 2. The SMILES string of the molecule is O=C(Nc1ccc(=O)[nH]n1)c1ccnc(C(=O)O)c1. The van der Waals surface area contributed by atoms with E-state index in [0.717, 1.165) is 6.07 Å². The van der Waals surface area contributed by atoms with Crippen LogP contribution in [0.15, 0.2) is 35.3 Å². The van der Waals surface area contributed by atoms with Crippen molar-refractivity contribution in [2.24, 2.45) is 0 Å². The Kier molecular flexibility index (Phi) is 3.33. The van der Waals surface area contributed by atoms with Gasteiger partial charge in [0.2, 0.25) is 0 Å². The molecule has 2 aromatic rings. The van der Waals surface area contributed by atoms with E-state index in [4.69, 9.17) is 5.11 Å². The van der Waals surface area contributed by atoms with Gasteiger partial charge in [-0.2, -0.15) is 5.10 Å². The van der Waals surface area contributed by atoms with Crippen LogP contribution in [0.2, 0.25) is 0 Å². The number of H-pyrrole nitrogens is 1. The highest BCUT2D eigenvalue weighted by Crippen LogP contribution is 2.05. The van der Waals surface area contributed by atoms with E-state index in [1.165, 1.54) is 24.4 Å². The van der Waals surface area contributed by atoms with Gasteiger partial charge in [0.15, 0.2) is 5.82 Å². The lowest BCUT2D eigenvalue weighted by Gasteiger charge is -2.03. The highest BCUT2D eigenvalue weighted by Gasteiger charge is 2.11. The Morgan fingerprint density at radius 1 is 1.26 bits per heavy atom. The van der Waals surface area contributed by atoms with Gasteiger partial charge < -0.3 is 10.4 Å². The third kappa shape index (κ3) is 3.00. The van der Waals surface area contributed by atoms with Crippen LogP contribution < -0.4 is 10.9 Å². The summed E-state index contributed by atoms with van der Waals surface area (Å²) in [6, 6.07) is 5.05. The number of carboxylic acids is 1. The van der Waals surface area contributed by atoms with Crippen molar-refractivity contribution < 1.29 is 14.7 Å². The average Bonchev–Trinajstić information content (AvgIpc) is 2.41. The van der Waals surface area contributed by atoms with Crippen molar-refractivity contribution in [1.29, 1.82) is 0 Å². The summed E-state index contributed by atoms with van der Waals surface area (Å²) in [5.41, 5.74) is -0.502. The number of aromatic nitrogens is 3. The summed E-state index contributed by atoms with van der Waals surface area (Å²) in [5, 5.41) is 16.9. The zero-order valence-electron chi connectivity index (χ0n) is 9.45. The number of amides is 1. The molecule has 96 valence electrons. The van der Waals surface area contributed by atoms with Gasteiger partial charge in [0.05, 0.1) is 0 Å². The number of hydrogen-bond donors (Lipinski definition) is 3. The van der Waals surface area contributed by atoms with Crippen molar-refractivity contribution in [3.05, 3.63) is 52.1 Å². The van der Waals surface area contributed by atoms with E-state index in [0.29, 0.717) is 0 Å². The van der Waals surface area contributed by atoms with Crippen LogP contribution in [-0.2, 0) is 0 Å². The van der Waals surface area contributed by atoms with E-state index in [-0.39, 0.29) is 17.1 Å². The molecule has 0 aliphatic rings. The highest BCUT2D eigenvalue weighted by molar-refractivity contribution is 6.04. The van der Waals surface area contributed by atoms with Crippen molar-refractivity contribution in [3.63, 3.8) is 0 Å². The summed E-state index contributed by atoms with van der Waals surface area (Å²) in [6.07, 6.45) is 1.22. The molecule has 0 unspecified atom stereocenters. The number of carbonyl (C=O) groups excluding carboxylic acids is 1. The van der Waals surface area contributed by atoms with Gasteiger partial charge in [-0.25, -0.2) is 14.9 Å². The summed E-state index contributed by atoms with van der Waals surface area (Å²) in [4.78, 5) is 36.9. The van der Waals surface area contributed by atoms with E-state index in [2.05, 4.69) is 20.5 Å². The van der Waals surface area contributed by atoms with Crippen LogP contribution in [0.1, 0.15) is 20.8 Å². The Bertz CT molecular complexity index is 675. The fraction of sp³-hybridized carbons (Fsp3) is 0. The lowest BCUT2D eigenvalue weighted by molar-refractivity contribution is 0.0690. The number of pyridine rings is 1. The number of anilines is 1. The van der Waals surface area contributed by atoms with Gasteiger partial charge in [0, 0.05) is 17.8 Å². The van der Waals surface area contributed by atoms with Gasteiger partial charge in [0.25, 0.3) is 11.5 Å². The number of carbonyl (C=O) groups is 2. The number of aromatic carboxylic acids is 1. The molecule has 0 saturated heterocycles. The van der Waals surface area contributed by atoms with Gasteiger partial charge in [-0.05, 0) is 18.2 Å². The third-order valence-electron chi connectivity index (χ3n) is 2.16. The maximum atomic E-state index is 11.8. The maximum Gasteiger partial charge on any atom is 0.354 e. The topological polar surface area (TPSA) is 125 Å². The van der Waals surface area contributed by atoms with Crippen molar-refractivity contribution in [3.8, 4) is 0 Å². The molecular formula is C11H8N4O4. The maximum absolute atomic E-state index is 11.8. The predicted octanol–water partition coefficient (Wildman–Crippen LogP) is 0.115. The Morgan fingerprint density at radius 2 is 2.05 bits per heavy atom. The van der Waals surface area contributed by atoms with Crippen LogP contribution in [-0.4, -0.2) is 32.2 Å². The quantitative estimate of drug-likeness (QED) is 0.719. The summed E-state index contributed by atoms with van der Waals surface area (Å²) in [7, 11) is 0. The van der Waals surface area contributed by atoms with Crippen molar-refractivity contribution in [2.45, 2.75) is 0 Å². The molecule has 0 spiro atoms.